The zero-order chi connectivity index (χ0) is 17.1. The van der Waals surface area contributed by atoms with Crippen molar-refractivity contribution in [2.45, 2.75) is 46.5 Å². The Morgan fingerprint density at radius 1 is 1.09 bits per heavy atom. The van der Waals surface area contributed by atoms with Gasteiger partial charge >= 0.3 is 5.97 Å². The Labute approximate surface area is 136 Å². The summed E-state index contributed by atoms with van der Waals surface area (Å²) in [6.45, 7) is 8.37. The van der Waals surface area contributed by atoms with Gasteiger partial charge in [-0.2, -0.15) is 0 Å². The second-order valence-corrected chi connectivity index (χ2v) is 6.29. The molecule has 4 nitrogen and oxygen atoms in total. The van der Waals surface area contributed by atoms with Gasteiger partial charge in [-0.05, 0) is 48.1 Å². The van der Waals surface area contributed by atoms with E-state index in [1.165, 1.54) is 5.56 Å². The van der Waals surface area contributed by atoms with E-state index in [-0.39, 0.29) is 18.7 Å². The summed E-state index contributed by atoms with van der Waals surface area (Å²) in [4.78, 5) is 22.5. The maximum Gasteiger partial charge on any atom is 0.303 e. The van der Waals surface area contributed by atoms with E-state index < -0.39 is 5.97 Å². The molecule has 2 N–H and O–H groups in total. The number of fused-ring (bicyclic) bond motifs is 1. The zero-order valence-corrected chi connectivity index (χ0v) is 14.1. The van der Waals surface area contributed by atoms with Crippen molar-refractivity contribution in [1.82, 2.24) is 0 Å². The molecule has 0 aromatic rings. The number of anilines is 1. The van der Waals surface area contributed by atoms with Crippen LogP contribution in [0, 0.1) is 13.8 Å². The van der Waals surface area contributed by atoms with Crippen LogP contribution in [0.15, 0.2) is 24.3 Å². The Hall–Kier alpha value is -2.36. The minimum absolute atomic E-state index is 0.0176. The van der Waals surface area contributed by atoms with Crippen LogP contribution in [0.4, 0.5) is 5.69 Å². The fourth-order valence-corrected chi connectivity index (χ4v) is 2.73. The molecule has 0 saturated heterocycles. The molecule has 0 atom stereocenters. The van der Waals surface area contributed by atoms with E-state index in [1.54, 1.807) is 0 Å². The van der Waals surface area contributed by atoms with Crippen LogP contribution in [0.1, 0.15) is 49.3 Å². The number of rotatable bonds is 5. The fourth-order valence-electron chi connectivity index (χ4n) is 2.73. The Balaban J connectivity index is 2.38. The van der Waals surface area contributed by atoms with Gasteiger partial charge in [0.05, 0.1) is 6.42 Å². The lowest BCUT2D eigenvalue weighted by molar-refractivity contribution is -0.138. The number of carbonyl (C=O) groups is 2. The third-order valence-corrected chi connectivity index (χ3v) is 4.06. The van der Waals surface area contributed by atoms with Gasteiger partial charge in [-0.25, -0.2) is 0 Å². The third-order valence-electron chi connectivity index (χ3n) is 4.06. The van der Waals surface area contributed by atoms with Crippen LogP contribution in [0.3, 0.4) is 0 Å². The molecule has 0 unspecified atom stereocenters. The highest BCUT2D eigenvalue weighted by Gasteiger charge is 2.18. The molecular formula is C19H23NO3. The highest BCUT2D eigenvalue weighted by Crippen LogP contribution is 2.39. The molecule has 0 heterocycles. The molecule has 0 bridgehead atoms. The lowest BCUT2D eigenvalue weighted by Crippen LogP contribution is -2.13. The first-order valence-corrected chi connectivity index (χ1v) is 7.85. The normalized spacial score (nSPS) is 11.0. The SMILES string of the molecule is Cc1cc(NC(=O)CCC(=O)O)c2c(C)ccc(C(C)C)cc1-2. The molecule has 122 valence electrons. The predicted molar refractivity (Wildman–Crippen MR) is 92.1 cm³/mol. The fraction of sp³-hybridized carbons (Fsp3) is 0.368. The lowest BCUT2D eigenvalue weighted by atomic mass is 10.0. The van der Waals surface area contributed by atoms with Crippen LogP contribution in [0.25, 0.3) is 11.1 Å². The van der Waals surface area contributed by atoms with Gasteiger partial charge in [-0.1, -0.05) is 32.0 Å². The van der Waals surface area contributed by atoms with Crippen molar-refractivity contribution >= 4 is 17.6 Å². The molecule has 23 heavy (non-hydrogen) atoms. The van der Waals surface area contributed by atoms with E-state index in [0.717, 1.165) is 27.9 Å². The van der Waals surface area contributed by atoms with Crippen molar-refractivity contribution in [3.05, 3.63) is 41.0 Å². The van der Waals surface area contributed by atoms with E-state index in [0.29, 0.717) is 5.92 Å². The zero-order valence-electron chi connectivity index (χ0n) is 14.1. The number of aliphatic carboxylic acids is 1. The van der Waals surface area contributed by atoms with Gasteiger partial charge in [-0.3, -0.25) is 9.59 Å². The first-order valence-electron chi connectivity index (χ1n) is 7.85. The molecule has 0 fully saturated rings. The van der Waals surface area contributed by atoms with Crippen molar-refractivity contribution in [2.24, 2.45) is 0 Å². The van der Waals surface area contributed by atoms with Crippen LogP contribution in [0.5, 0.6) is 0 Å². The summed E-state index contributed by atoms with van der Waals surface area (Å²) in [5.74, 6) is -0.810. The average molecular weight is 313 g/mol. The number of amides is 1. The summed E-state index contributed by atoms with van der Waals surface area (Å²) in [5.41, 5.74) is 6.36. The van der Waals surface area contributed by atoms with Gasteiger partial charge in [0.15, 0.2) is 0 Å². The summed E-state index contributed by atoms with van der Waals surface area (Å²) in [6.07, 6.45) is -0.177. The average Bonchev–Trinajstić information content (AvgIpc) is 2.65. The minimum Gasteiger partial charge on any atom is -0.481 e. The van der Waals surface area contributed by atoms with Crippen molar-refractivity contribution < 1.29 is 14.7 Å². The standard InChI is InChI=1S/C19H23NO3/c1-11(2)14-6-5-12(3)19-15(10-14)13(4)9-16(19)20-17(21)7-8-18(22)23/h5-6,9-11H,7-8H2,1-4H3,(H,20,21)(H,22,23). The maximum atomic E-state index is 12.0. The smallest absolute Gasteiger partial charge is 0.303 e. The number of carbonyl (C=O) groups excluding carboxylic acids is 1. The number of hydrogen-bond donors (Lipinski definition) is 2. The van der Waals surface area contributed by atoms with E-state index in [9.17, 15) is 9.59 Å². The Morgan fingerprint density at radius 2 is 1.78 bits per heavy atom. The highest BCUT2D eigenvalue weighted by molar-refractivity contribution is 5.99. The molecule has 4 heteroatoms. The van der Waals surface area contributed by atoms with Crippen molar-refractivity contribution in [3.63, 3.8) is 0 Å². The first-order chi connectivity index (χ1) is 10.8. The summed E-state index contributed by atoms with van der Waals surface area (Å²) in [6, 6.07) is 8.33. The van der Waals surface area contributed by atoms with Crippen LogP contribution < -0.4 is 5.32 Å². The van der Waals surface area contributed by atoms with E-state index >= 15 is 0 Å². The third kappa shape index (κ3) is 3.89. The molecule has 0 spiro atoms. The minimum atomic E-state index is -0.965. The predicted octanol–water partition coefficient (Wildman–Crippen LogP) is 4.33. The van der Waals surface area contributed by atoms with E-state index in [2.05, 4.69) is 37.4 Å². The number of hydrogen-bond acceptors (Lipinski definition) is 2. The molecule has 0 aliphatic heterocycles. The molecule has 2 aliphatic rings. The lowest BCUT2D eigenvalue weighted by Gasteiger charge is -2.07. The first kappa shape index (κ1) is 17.0. The van der Waals surface area contributed by atoms with E-state index in [1.807, 2.05) is 19.9 Å². The monoisotopic (exact) mass is 313 g/mol. The highest BCUT2D eigenvalue weighted by atomic mass is 16.4. The van der Waals surface area contributed by atoms with Gasteiger partial charge in [-0.15, -0.1) is 0 Å². The summed E-state index contributed by atoms with van der Waals surface area (Å²) in [7, 11) is 0. The van der Waals surface area contributed by atoms with Gasteiger partial charge in [0.25, 0.3) is 0 Å². The Bertz CT molecular complexity index is 719. The molecule has 0 radical (unpaired) electrons. The summed E-state index contributed by atoms with van der Waals surface area (Å²) < 4.78 is 0. The van der Waals surface area contributed by atoms with Gasteiger partial charge in [0, 0.05) is 17.7 Å². The van der Waals surface area contributed by atoms with Crippen LogP contribution in [-0.2, 0) is 9.59 Å². The summed E-state index contributed by atoms with van der Waals surface area (Å²) >= 11 is 0. The van der Waals surface area contributed by atoms with Gasteiger partial charge in [0.2, 0.25) is 5.91 Å². The topological polar surface area (TPSA) is 66.4 Å². The second-order valence-electron chi connectivity index (χ2n) is 6.29. The molecule has 2 aliphatic carbocycles. The van der Waals surface area contributed by atoms with Gasteiger partial charge in [0.1, 0.15) is 0 Å². The molecule has 0 saturated carbocycles. The van der Waals surface area contributed by atoms with Crippen molar-refractivity contribution in [1.29, 1.82) is 0 Å². The molecule has 0 aromatic heterocycles. The number of carboxylic acids is 1. The Kier molecular flexibility index (Phi) is 5.04. The van der Waals surface area contributed by atoms with Crippen LogP contribution >= 0.6 is 0 Å². The largest absolute Gasteiger partial charge is 0.481 e. The van der Waals surface area contributed by atoms with Crippen molar-refractivity contribution in [2.75, 3.05) is 5.32 Å². The second kappa shape index (κ2) is 6.82. The van der Waals surface area contributed by atoms with Crippen molar-refractivity contribution in [3.8, 4) is 11.1 Å². The number of carboxylic acid groups (broad SMARTS) is 1. The van der Waals surface area contributed by atoms with Gasteiger partial charge < -0.3 is 10.4 Å². The molecule has 0 aromatic carbocycles. The van der Waals surface area contributed by atoms with E-state index in [4.69, 9.17) is 5.11 Å². The Morgan fingerprint density at radius 3 is 2.39 bits per heavy atom. The maximum absolute atomic E-state index is 12.0. The molecule has 2 rings (SSSR count). The molecular weight excluding hydrogens is 290 g/mol. The quantitative estimate of drug-likeness (QED) is 0.863. The molecule has 1 amide bonds. The number of aryl methyl sites for hydroxylation is 2. The summed E-state index contributed by atoms with van der Waals surface area (Å²) in [5, 5.41) is 11.5. The van der Waals surface area contributed by atoms with Crippen LogP contribution in [-0.4, -0.2) is 17.0 Å². The van der Waals surface area contributed by atoms with Crippen LogP contribution in [0.2, 0.25) is 0 Å². The number of nitrogens with one attached hydrogen (secondary N) is 1.